The van der Waals surface area contributed by atoms with Gasteiger partial charge in [-0.2, -0.15) is 0 Å². The molecule has 0 fully saturated rings. The number of nitrogens with one attached hydrogen (secondary N) is 1. The summed E-state index contributed by atoms with van der Waals surface area (Å²) in [5.74, 6) is -0.666. The number of thioether (sulfide) groups is 1. The highest BCUT2D eigenvalue weighted by atomic mass is 32.2. The number of carboxylic acid groups (broad SMARTS) is 1. The first-order valence-corrected chi connectivity index (χ1v) is 9.93. The standard InChI is InChI=1S/C20H17N5O4S/c1-24-7-6-16-15(4-3-5-17(16)24)12-8-13(10-14(9-12)25(28)29-2)19-21-20(23-22-19)30-11-18(26)27/h3-10H,11H2,1-2H3,(H-,21,22,23,26,27)/p+1. The van der Waals surface area contributed by atoms with Crippen LogP contribution in [0.25, 0.3) is 33.4 Å². The topological polar surface area (TPSA) is 113 Å². The molecule has 0 atom stereocenters. The molecule has 4 aromatic rings. The van der Waals surface area contributed by atoms with Gasteiger partial charge in [-0.1, -0.05) is 23.9 Å². The summed E-state index contributed by atoms with van der Waals surface area (Å²) < 4.78 is 2.03. The van der Waals surface area contributed by atoms with E-state index < -0.39 is 5.97 Å². The van der Waals surface area contributed by atoms with Crippen LogP contribution in [0.1, 0.15) is 0 Å². The summed E-state index contributed by atoms with van der Waals surface area (Å²) in [6, 6.07) is 13.3. The molecule has 4 rings (SSSR count). The molecule has 0 bridgehead atoms. The first kappa shape index (κ1) is 19.6. The number of carboxylic acids is 1. The minimum Gasteiger partial charge on any atom is -0.481 e. The van der Waals surface area contributed by atoms with E-state index in [1.54, 1.807) is 12.1 Å². The van der Waals surface area contributed by atoms with Gasteiger partial charge in [0.2, 0.25) is 5.16 Å². The molecule has 0 aliphatic heterocycles. The molecule has 0 unspecified atom stereocenters. The molecule has 2 aromatic heterocycles. The minimum atomic E-state index is -0.950. The van der Waals surface area contributed by atoms with E-state index in [1.807, 2.05) is 48.1 Å². The molecule has 9 nitrogen and oxygen atoms in total. The van der Waals surface area contributed by atoms with Crippen molar-refractivity contribution in [1.82, 2.24) is 19.7 Å². The molecule has 152 valence electrons. The van der Waals surface area contributed by atoms with Crippen LogP contribution in [0, 0.1) is 4.91 Å². The number of hydrogen-bond acceptors (Lipinski definition) is 6. The van der Waals surface area contributed by atoms with Crippen molar-refractivity contribution in [3.63, 3.8) is 0 Å². The van der Waals surface area contributed by atoms with Gasteiger partial charge in [0.1, 0.15) is 0 Å². The highest BCUT2D eigenvalue weighted by molar-refractivity contribution is 7.99. The predicted octanol–water partition coefficient (Wildman–Crippen LogP) is 3.78. The Morgan fingerprint density at radius 2 is 2.07 bits per heavy atom. The Kier molecular flexibility index (Phi) is 5.23. The Bertz CT molecular complexity index is 1260. The van der Waals surface area contributed by atoms with Gasteiger partial charge in [-0.3, -0.25) is 9.89 Å². The molecule has 0 amide bonds. The van der Waals surface area contributed by atoms with Crippen molar-refractivity contribution < 1.29 is 19.7 Å². The summed E-state index contributed by atoms with van der Waals surface area (Å²) in [7, 11) is 3.27. The van der Waals surface area contributed by atoms with Gasteiger partial charge in [-0.25, -0.2) is 9.82 Å². The third kappa shape index (κ3) is 3.77. The quantitative estimate of drug-likeness (QED) is 0.343. The number of aromatic amines is 1. The van der Waals surface area contributed by atoms with Gasteiger partial charge >= 0.3 is 11.7 Å². The Hall–Kier alpha value is -3.66. The van der Waals surface area contributed by atoms with Crippen LogP contribution in [0.3, 0.4) is 0 Å². The van der Waals surface area contributed by atoms with Crippen molar-refractivity contribution in [2.75, 3.05) is 12.9 Å². The number of aromatic nitrogens is 4. The number of fused-ring (bicyclic) bond motifs is 1. The molecule has 0 saturated heterocycles. The fourth-order valence-corrected chi connectivity index (χ4v) is 3.75. The molecule has 0 saturated carbocycles. The van der Waals surface area contributed by atoms with Crippen LogP contribution in [0.15, 0.2) is 53.8 Å². The SMILES string of the molecule is CO[N+](=O)c1cc(-c2nc(SCC(=O)O)n[nH]2)cc(-c2cccc3c2ccn3C)c1. The van der Waals surface area contributed by atoms with E-state index in [4.69, 9.17) is 9.94 Å². The van der Waals surface area contributed by atoms with E-state index in [2.05, 4.69) is 15.2 Å². The summed E-state index contributed by atoms with van der Waals surface area (Å²) >= 11 is 1.01. The second-order valence-electron chi connectivity index (χ2n) is 6.52. The van der Waals surface area contributed by atoms with Crippen molar-refractivity contribution >= 4 is 34.3 Å². The van der Waals surface area contributed by atoms with E-state index in [0.717, 1.165) is 33.8 Å². The van der Waals surface area contributed by atoms with Gasteiger partial charge in [0.25, 0.3) is 4.92 Å². The highest BCUT2D eigenvalue weighted by Gasteiger charge is 2.20. The third-order valence-electron chi connectivity index (χ3n) is 4.60. The molecule has 0 radical (unpaired) electrons. The summed E-state index contributed by atoms with van der Waals surface area (Å²) in [6.45, 7) is 0. The van der Waals surface area contributed by atoms with Crippen LogP contribution >= 0.6 is 11.8 Å². The maximum Gasteiger partial charge on any atom is 0.318 e. The average molecular weight is 424 g/mol. The van der Waals surface area contributed by atoms with Crippen LogP contribution in [0.2, 0.25) is 0 Å². The molecule has 2 heterocycles. The summed E-state index contributed by atoms with van der Waals surface area (Å²) in [5.41, 5.74) is 3.77. The second-order valence-corrected chi connectivity index (χ2v) is 7.46. The van der Waals surface area contributed by atoms with Crippen LogP contribution < -0.4 is 0 Å². The van der Waals surface area contributed by atoms with Gasteiger partial charge in [0.05, 0.1) is 10.7 Å². The summed E-state index contributed by atoms with van der Waals surface area (Å²) in [4.78, 5) is 32.6. The number of aryl methyl sites for hydroxylation is 1. The Morgan fingerprint density at radius 3 is 2.83 bits per heavy atom. The molecular formula is C20H18N5O4S+. The first-order valence-electron chi connectivity index (χ1n) is 8.94. The molecule has 2 N–H and O–H groups in total. The molecule has 0 aliphatic carbocycles. The fraction of sp³-hybridized carbons (Fsp3) is 0.150. The first-order chi connectivity index (χ1) is 14.5. The van der Waals surface area contributed by atoms with Crippen LogP contribution in [0.5, 0.6) is 0 Å². The lowest BCUT2D eigenvalue weighted by molar-refractivity contribution is -0.736. The lowest BCUT2D eigenvalue weighted by atomic mass is 9.99. The number of rotatable bonds is 7. The number of carbonyl (C=O) groups is 1. The summed E-state index contributed by atoms with van der Waals surface area (Å²) in [6.07, 6.45) is 1.98. The molecule has 0 spiro atoms. The third-order valence-corrected chi connectivity index (χ3v) is 5.43. The Labute approximate surface area is 175 Å². The van der Waals surface area contributed by atoms with E-state index in [9.17, 15) is 9.70 Å². The van der Waals surface area contributed by atoms with Crippen molar-refractivity contribution in [2.24, 2.45) is 7.05 Å². The highest BCUT2D eigenvalue weighted by Crippen LogP contribution is 2.34. The molecule has 10 heteroatoms. The monoisotopic (exact) mass is 424 g/mol. The van der Waals surface area contributed by atoms with Crippen LogP contribution in [-0.2, 0) is 16.7 Å². The lowest BCUT2D eigenvalue weighted by Gasteiger charge is -2.07. The number of H-pyrrole nitrogens is 1. The zero-order valence-electron chi connectivity index (χ0n) is 16.2. The Balaban J connectivity index is 1.82. The number of nitrogens with zero attached hydrogens (tertiary/aromatic N) is 4. The van der Waals surface area contributed by atoms with E-state index in [-0.39, 0.29) is 5.75 Å². The molecular weight excluding hydrogens is 406 g/mol. The zero-order chi connectivity index (χ0) is 21.3. The average Bonchev–Trinajstić information content (AvgIpc) is 3.38. The van der Waals surface area contributed by atoms with E-state index >= 15 is 0 Å². The van der Waals surface area contributed by atoms with Crippen LogP contribution in [0.4, 0.5) is 5.69 Å². The molecule has 0 aliphatic rings. The van der Waals surface area contributed by atoms with Crippen molar-refractivity contribution in [1.29, 1.82) is 0 Å². The van der Waals surface area contributed by atoms with Crippen molar-refractivity contribution in [2.45, 2.75) is 5.16 Å². The lowest BCUT2D eigenvalue weighted by Crippen LogP contribution is -1.99. The molecule has 30 heavy (non-hydrogen) atoms. The second kappa shape index (κ2) is 7.99. The van der Waals surface area contributed by atoms with Crippen molar-refractivity contribution in [3.05, 3.63) is 53.6 Å². The maximum absolute atomic E-state index is 12.2. The van der Waals surface area contributed by atoms with E-state index in [0.29, 0.717) is 27.2 Å². The van der Waals surface area contributed by atoms with Gasteiger partial charge in [0, 0.05) is 41.8 Å². The Morgan fingerprint density at radius 1 is 1.27 bits per heavy atom. The zero-order valence-corrected chi connectivity index (χ0v) is 17.0. The number of aliphatic carboxylic acids is 1. The largest absolute Gasteiger partial charge is 0.481 e. The van der Waals surface area contributed by atoms with Gasteiger partial charge in [-0.15, -0.1) is 5.10 Å². The normalized spacial score (nSPS) is 11.0. The summed E-state index contributed by atoms with van der Waals surface area (Å²) in [5, 5.41) is 17.1. The van der Waals surface area contributed by atoms with Gasteiger partial charge in [-0.05, 0) is 29.3 Å². The number of benzene rings is 2. The minimum absolute atomic E-state index is 0.142. The number of hydrogen-bond donors (Lipinski definition) is 2. The van der Waals surface area contributed by atoms with Gasteiger partial charge < -0.3 is 9.67 Å². The maximum atomic E-state index is 12.2. The fourth-order valence-electron chi connectivity index (χ4n) is 3.23. The van der Waals surface area contributed by atoms with Gasteiger partial charge in [0.15, 0.2) is 12.9 Å². The van der Waals surface area contributed by atoms with E-state index in [1.165, 1.54) is 7.11 Å². The molecule has 2 aromatic carbocycles. The predicted molar refractivity (Wildman–Crippen MR) is 112 cm³/mol. The smallest absolute Gasteiger partial charge is 0.318 e. The van der Waals surface area contributed by atoms with Crippen molar-refractivity contribution in [3.8, 4) is 22.5 Å². The van der Waals surface area contributed by atoms with Crippen LogP contribution in [-0.4, -0.2) is 48.6 Å².